The smallest absolute Gasteiger partial charge is 0.203 e. The van der Waals surface area contributed by atoms with Gasteiger partial charge in [0.1, 0.15) is 0 Å². The van der Waals surface area contributed by atoms with Crippen LogP contribution in [0.5, 0.6) is 17.2 Å². The van der Waals surface area contributed by atoms with E-state index in [0.29, 0.717) is 17.2 Å². The van der Waals surface area contributed by atoms with E-state index in [1.807, 2.05) is 36.4 Å². The van der Waals surface area contributed by atoms with Crippen molar-refractivity contribution in [3.63, 3.8) is 0 Å². The minimum atomic E-state index is 0.585. The highest BCUT2D eigenvalue weighted by Gasteiger charge is 2.11. The van der Waals surface area contributed by atoms with Gasteiger partial charge in [-0.25, -0.2) is 4.98 Å². The molecule has 0 atom stereocenters. The van der Waals surface area contributed by atoms with Crippen molar-refractivity contribution in [1.29, 1.82) is 0 Å². The van der Waals surface area contributed by atoms with Crippen LogP contribution in [0.15, 0.2) is 42.5 Å². The van der Waals surface area contributed by atoms with Gasteiger partial charge in [0.05, 0.1) is 32.5 Å². The molecule has 0 aliphatic rings. The topological polar surface area (TPSA) is 40.6 Å². The minimum absolute atomic E-state index is 0.585. The summed E-state index contributed by atoms with van der Waals surface area (Å²) in [6, 6.07) is 14.2. The van der Waals surface area contributed by atoms with Gasteiger partial charge in [0.15, 0.2) is 11.5 Å². The summed E-state index contributed by atoms with van der Waals surface area (Å²) in [6.45, 7) is 2.08. The van der Waals surface area contributed by atoms with Crippen LogP contribution in [0.1, 0.15) is 16.8 Å². The maximum Gasteiger partial charge on any atom is 0.203 e. The molecule has 25 heavy (non-hydrogen) atoms. The Bertz CT molecular complexity index is 907. The first kappa shape index (κ1) is 16.8. The van der Waals surface area contributed by atoms with E-state index in [1.54, 1.807) is 21.3 Å². The molecule has 3 aromatic rings. The van der Waals surface area contributed by atoms with Crippen molar-refractivity contribution >= 4 is 23.1 Å². The Morgan fingerprint density at radius 1 is 0.800 bits per heavy atom. The number of hydrogen-bond donors (Lipinski definition) is 0. The summed E-state index contributed by atoms with van der Waals surface area (Å²) >= 11 is 0. The lowest BCUT2D eigenvalue weighted by Gasteiger charge is -2.12. The van der Waals surface area contributed by atoms with E-state index in [-0.39, 0.29) is 0 Å². The molecule has 0 amide bonds. The lowest BCUT2D eigenvalue weighted by molar-refractivity contribution is 0.324. The number of rotatable bonds is 5. The normalized spacial score (nSPS) is 11.0. The van der Waals surface area contributed by atoms with Crippen LogP contribution in [0.25, 0.3) is 23.1 Å². The van der Waals surface area contributed by atoms with Crippen molar-refractivity contribution in [1.82, 2.24) is 4.98 Å². The highest BCUT2D eigenvalue weighted by atomic mass is 16.5. The van der Waals surface area contributed by atoms with Gasteiger partial charge in [-0.1, -0.05) is 23.8 Å². The van der Waals surface area contributed by atoms with Gasteiger partial charge in [-0.05, 0) is 48.9 Å². The molecule has 3 rings (SSSR count). The first-order chi connectivity index (χ1) is 12.1. The molecule has 0 spiro atoms. The fourth-order valence-electron chi connectivity index (χ4n) is 2.73. The largest absolute Gasteiger partial charge is 0.493 e. The van der Waals surface area contributed by atoms with Crippen molar-refractivity contribution in [3.8, 4) is 17.2 Å². The second-order valence-electron chi connectivity index (χ2n) is 5.72. The Hall–Kier alpha value is -3.01. The van der Waals surface area contributed by atoms with E-state index in [0.717, 1.165) is 22.2 Å². The highest BCUT2D eigenvalue weighted by molar-refractivity contribution is 5.81. The first-order valence-electron chi connectivity index (χ1n) is 8.00. The number of nitrogens with zero attached hydrogens (tertiary/aromatic N) is 1. The van der Waals surface area contributed by atoms with Gasteiger partial charge < -0.3 is 14.2 Å². The quantitative estimate of drug-likeness (QED) is 0.675. The standard InChI is InChI=1S/C21H21NO3/c1-14-5-10-18-16(11-14)7-9-17(22-18)8-6-15-12-19(23-2)21(25-4)20(13-15)24-3/h5-13H,1-4H3/b8-6+. The number of aromatic nitrogens is 1. The van der Waals surface area contributed by atoms with Gasteiger partial charge in [0.25, 0.3) is 0 Å². The van der Waals surface area contributed by atoms with Gasteiger partial charge in [-0.15, -0.1) is 0 Å². The molecule has 1 aromatic heterocycles. The zero-order valence-electron chi connectivity index (χ0n) is 14.9. The van der Waals surface area contributed by atoms with Crippen molar-refractivity contribution in [3.05, 3.63) is 59.3 Å². The Morgan fingerprint density at radius 3 is 2.16 bits per heavy atom. The summed E-state index contributed by atoms with van der Waals surface area (Å²) in [4.78, 5) is 4.68. The lowest BCUT2D eigenvalue weighted by Crippen LogP contribution is -1.95. The Morgan fingerprint density at radius 2 is 1.52 bits per heavy atom. The number of ether oxygens (including phenoxy) is 3. The van der Waals surface area contributed by atoms with Crippen molar-refractivity contribution in [2.24, 2.45) is 0 Å². The monoisotopic (exact) mass is 335 g/mol. The molecule has 0 unspecified atom stereocenters. The molecule has 2 aromatic carbocycles. The Kier molecular flexibility index (Phi) is 4.89. The van der Waals surface area contributed by atoms with E-state index in [2.05, 4.69) is 30.1 Å². The van der Waals surface area contributed by atoms with E-state index >= 15 is 0 Å². The highest BCUT2D eigenvalue weighted by Crippen LogP contribution is 2.38. The van der Waals surface area contributed by atoms with Crippen molar-refractivity contribution in [2.45, 2.75) is 6.92 Å². The molecule has 0 aliphatic carbocycles. The predicted molar refractivity (Wildman–Crippen MR) is 102 cm³/mol. The van der Waals surface area contributed by atoms with Crippen LogP contribution >= 0.6 is 0 Å². The molecule has 0 saturated heterocycles. The number of fused-ring (bicyclic) bond motifs is 1. The average Bonchev–Trinajstić information content (AvgIpc) is 2.65. The van der Waals surface area contributed by atoms with Gasteiger partial charge >= 0.3 is 0 Å². The fourth-order valence-corrected chi connectivity index (χ4v) is 2.73. The molecule has 4 nitrogen and oxygen atoms in total. The molecule has 0 radical (unpaired) electrons. The second kappa shape index (κ2) is 7.26. The summed E-state index contributed by atoms with van der Waals surface area (Å²) in [5.41, 5.74) is 4.05. The lowest BCUT2D eigenvalue weighted by atomic mass is 10.1. The van der Waals surface area contributed by atoms with E-state index in [4.69, 9.17) is 14.2 Å². The molecule has 0 saturated carbocycles. The minimum Gasteiger partial charge on any atom is -0.493 e. The number of pyridine rings is 1. The summed E-state index contributed by atoms with van der Waals surface area (Å²) in [5.74, 6) is 1.84. The number of benzene rings is 2. The van der Waals surface area contributed by atoms with Crippen LogP contribution in [0.4, 0.5) is 0 Å². The fraction of sp³-hybridized carbons (Fsp3) is 0.190. The summed E-state index contributed by atoms with van der Waals surface area (Å²) in [6.07, 6.45) is 3.95. The number of hydrogen-bond acceptors (Lipinski definition) is 4. The molecular weight excluding hydrogens is 314 g/mol. The van der Waals surface area contributed by atoms with Gasteiger partial charge in [-0.3, -0.25) is 0 Å². The number of methoxy groups -OCH3 is 3. The predicted octanol–water partition coefficient (Wildman–Crippen LogP) is 4.74. The molecule has 128 valence electrons. The third-order valence-electron chi connectivity index (χ3n) is 4.00. The average molecular weight is 335 g/mol. The summed E-state index contributed by atoms with van der Waals surface area (Å²) < 4.78 is 16.1. The van der Waals surface area contributed by atoms with Crippen LogP contribution < -0.4 is 14.2 Å². The van der Waals surface area contributed by atoms with Crippen LogP contribution in [-0.2, 0) is 0 Å². The zero-order valence-corrected chi connectivity index (χ0v) is 14.9. The molecule has 0 N–H and O–H groups in total. The first-order valence-corrected chi connectivity index (χ1v) is 8.00. The maximum atomic E-state index is 5.39. The zero-order chi connectivity index (χ0) is 17.8. The molecule has 4 heteroatoms. The number of aryl methyl sites for hydroxylation is 1. The van der Waals surface area contributed by atoms with E-state index < -0.39 is 0 Å². The summed E-state index contributed by atoms with van der Waals surface area (Å²) in [7, 11) is 4.81. The summed E-state index contributed by atoms with van der Waals surface area (Å²) in [5, 5.41) is 1.14. The maximum absolute atomic E-state index is 5.39. The Balaban J connectivity index is 1.95. The van der Waals surface area contributed by atoms with E-state index in [1.165, 1.54) is 5.56 Å². The molecule has 0 aliphatic heterocycles. The van der Waals surface area contributed by atoms with Crippen molar-refractivity contribution < 1.29 is 14.2 Å². The second-order valence-corrected chi connectivity index (χ2v) is 5.72. The van der Waals surface area contributed by atoms with E-state index in [9.17, 15) is 0 Å². The third kappa shape index (κ3) is 3.58. The SMILES string of the molecule is COc1cc(/C=C/c2ccc3cc(C)ccc3n2)cc(OC)c1OC. The Labute approximate surface area is 147 Å². The van der Waals surface area contributed by atoms with Gasteiger partial charge in [-0.2, -0.15) is 0 Å². The van der Waals surface area contributed by atoms with Crippen LogP contribution in [0.3, 0.4) is 0 Å². The van der Waals surface area contributed by atoms with Crippen LogP contribution in [0, 0.1) is 6.92 Å². The van der Waals surface area contributed by atoms with Gasteiger partial charge in [0.2, 0.25) is 5.75 Å². The van der Waals surface area contributed by atoms with Crippen LogP contribution in [-0.4, -0.2) is 26.3 Å². The molecule has 0 fully saturated rings. The molecule has 0 bridgehead atoms. The molecule has 1 heterocycles. The molecular formula is C21H21NO3. The van der Waals surface area contributed by atoms with Crippen LogP contribution in [0.2, 0.25) is 0 Å². The van der Waals surface area contributed by atoms with Gasteiger partial charge in [0, 0.05) is 5.39 Å². The third-order valence-corrected chi connectivity index (χ3v) is 4.00. The van der Waals surface area contributed by atoms with Crippen molar-refractivity contribution in [2.75, 3.05) is 21.3 Å².